The fourth-order valence-corrected chi connectivity index (χ4v) is 2.67. The Hall–Kier alpha value is -3.20. The summed E-state index contributed by atoms with van der Waals surface area (Å²) in [6.45, 7) is 1.88. The Morgan fingerprint density at radius 3 is 2.69 bits per heavy atom. The van der Waals surface area contributed by atoms with Crippen LogP contribution in [-0.2, 0) is 14.3 Å². The molecule has 1 aliphatic rings. The van der Waals surface area contributed by atoms with Crippen LogP contribution in [0.3, 0.4) is 0 Å². The SMILES string of the molecule is COC(=O)C1=C(Nc2ccc(-c3n[nH]c(C)n3)cc2)C(=O)N(CCO)C1. The van der Waals surface area contributed by atoms with E-state index in [1.54, 1.807) is 12.1 Å². The third-order valence-electron chi connectivity index (χ3n) is 3.96. The third kappa shape index (κ3) is 3.42. The molecule has 0 atom stereocenters. The quantitative estimate of drug-likeness (QED) is 0.642. The molecule has 136 valence electrons. The van der Waals surface area contributed by atoms with Gasteiger partial charge in [0.15, 0.2) is 5.82 Å². The van der Waals surface area contributed by atoms with E-state index in [2.05, 4.69) is 20.5 Å². The van der Waals surface area contributed by atoms with Crippen LogP contribution in [0.5, 0.6) is 0 Å². The molecule has 0 saturated heterocycles. The molecular weight excluding hydrogens is 338 g/mol. The average molecular weight is 357 g/mol. The van der Waals surface area contributed by atoms with Crippen molar-refractivity contribution < 1.29 is 19.4 Å². The van der Waals surface area contributed by atoms with Gasteiger partial charge in [0.2, 0.25) is 0 Å². The van der Waals surface area contributed by atoms with Crippen molar-refractivity contribution in [2.24, 2.45) is 0 Å². The Kier molecular flexibility index (Phi) is 4.99. The van der Waals surface area contributed by atoms with E-state index in [-0.39, 0.29) is 36.9 Å². The molecule has 0 aliphatic carbocycles. The summed E-state index contributed by atoms with van der Waals surface area (Å²) in [5.41, 5.74) is 1.85. The number of aryl methyl sites for hydroxylation is 1. The normalized spacial score (nSPS) is 14.1. The lowest BCUT2D eigenvalue weighted by atomic mass is 10.2. The monoisotopic (exact) mass is 357 g/mol. The standard InChI is InChI=1S/C17H19N5O4/c1-10-18-15(21-20-10)11-3-5-12(6-4-11)19-14-13(17(25)26-2)9-22(7-8-23)16(14)24/h3-6,19,23H,7-9H2,1-2H3,(H,18,20,21). The molecule has 1 aromatic carbocycles. The topological polar surface area (TPSA) is 120 Å². The van der Waals surface area contributed by atoms with E-state index in [0.29, 0.717) is 11.5 Å². The van der Waals surface area contributed by atoms with Gasteiger partial charge in [0.25, 0.3) is 5.91 Å². The number of hydrogen-bond donors (Lipinski definition) is 3. The number of aromatic amines is 1. The highest BCUT2D eigenvalue weighted by Crippen LogP contribution is 2.24. The van der Waals surface area contributed by atoms with Crippen molar-refractivity contribution in [2.45, 2.75) is 6.92 Å². The van der Waals surface area contributed by atoms with Gasteiger partial charge < -0.3 is 20.1 Å². The molecule has 2 heterocycles. The highest BCUT2D eigenvalue weighted by Gasteiger charge is 2.34. The van der Waals surface area contributed by atoms with Gasteiger partial charge in [-0.1, -0.05) is 0 Å². The lowest BCUT2D eigenvalue weighted by molar-refractivity contribution is -0.136. The van der Waals surface area contributed by atoms with Crippen molar-refractivity contribution in [3.8, 4) is 11.4 Å². The molecule has 0 saturated carbocycles. The van der Waals surface area contributed by atoms with Gasteiger partial charge >= 0.3 is 5.97 Å². The number of rotatable bonds is 6. The minimum absolute atomic E-state index is 0.100. The van der Waals surface area contributed by atoms with Crippen LogP contribution in [0.2, 0.25) is 0 Å². The van der Waals surface area contributed by atoms with Crippen LogP contribution >= 0.6 is 0 Å². The maximum Gasteiger partial charge on any atom is 0.337 e. The van der Waals surface area contributed by atoms with Crippen LogP contribution in [-0.4, -0.2) is 63.9 Å². The Morgan fingerprint density at radius 1 is 1.38 bits per heavy atom. The summed E-state index contributed by atoms with van der Waals surface area (Å²) in [4.78, 5) is 30.1. The van der Waals surface area contributed by atoms with Crippen molar-refractivity contribution in [3.63, 3.8) is 0 Å². The van der Waals surface area contributed by atoms with E-state index in [4.69, 9.17) is 9.84 Å². The second-order valence-electron chi connectivity index (χ2n) is 5.74. The van der Waals surface area contributed by atoms with E-state index in [9.17, 15) is 9.59 Å². The molecule has 1 aromatic heterocycles. The minimum Gasteiger partial charge on any atom is -0.466 e. The first-order chi connectivity index (χ1) is 12.5. The Labute approximate surface area is 149 Å². The summed E-state index contributed by atoms with van der Waals surface area (Å²) in [6, 6.07) is 7.16. The number of nitrogens with one attached hydrogen (secondary N) is 2. The van der Waals surface area contributed by atoms with Gasteiger partial charge in [-0.15, -0.1) is 0 Å². The molecule has 0 radical (unpaired) electrons. The van der Waals surface area contributed by atoms with Gasteiger partial charge in [-0.2, -0.15) is 5.10 Å². The second-order valence-corrected chi connectivity index (χ2v) is 5.74. The summed E-state index contributed by atoms with van der Waals surface area (Å²) in [7, 11) is 1.26. The van der Waals surface area contributed by atoms with Crippen LogP contribution < -0.4 is 5.32 Å². The first kappa shape index (κ1) is 17.6. The van der Waals surface area contributed by atoms with E-state index in [0.717, 1.165) is 11.4 Å². The highest BCUT2D eigenvalue weighted by molar-refractivity contribution is 6.08. The van der Waals surface area contributed by atoms with Crippen LogP contribution in [0.15, 0.2) is 35.5 Å². The average Bonchev–Trinajstić information content (AvgIpc) is 3.21. The summed E-state index contributed by atoms with van der Waals surface area (Å²) >= 11 is 0. The fourth-order valence-electron chi connectivity index (χ4n) is 2.67. The van der Waals surface area contributed by atoms with Crippen molar-refractivity contribution in [2.75, 3.05) is 32.1 Å². The first-order valence-electron chi connectivity index (χ1n) is 8.01. The lowest BCUT2D eigenvalue weighted by Gasteiger charge is -2.15. The molecule has 0 spiro atoms. The summed E-state index contributed by atoms with van der Waals surface area (Å²) in [5.74, 6) is 0.368. The minimum atomic E-state index is -0.575. The van der Waals surface area contributed by atoms with Crippen molar-refractivity contribution in [1.82, 2.24) is 20.1 Å². The molecule has 0 unspecified atom stereocenters. The molecule has 3 rings (SSSR count). The number of β-amino-alcohol motifs (C(OH)–C–C–N with tert-alkyl or cyclic N) is 1. The van der Waals surface area contributed by atoms with Gasteiger partial charge in [-0.25, -0.2) is 9.78 Å². The molecule has 9 heteroatoms. The number of methoxy groups -OCH3 is 1. The van der Waals surface area contributed by atoms with E-state index in [1.165, 1.54) is 12.0 Å². The van der Waals surface area contributed by atoms with Crippen LogP contribution in [0.4, 0.5) is 5.69 Å². The number of ether oxygens (including phenoxy) is 1. The number of nitrogens with zero attached hydrogens (tertiary/aromatic N) is 3. The number of aliphatic hydroxyl groups is 1. The molecule has 3 N–H and O–H groups in total. The predicted octanol–water partition coefficient (Wildman–Crippen LogP) is 0.454. The molecule has 0 fully saturated rings. The number of aromatic nitrogens is 3. The van der Waals surface area contributed by atoms with Gasteiger partial charge in [0.05, 0.1) is 25.8 Å². The first-order valence-corrected chi connectivity index (χ1v) is 8.01. The molecule has 2 aromatic rings. The zero-order valence-electron chi connectivity index (χ0n) is 14.4. The molecular formula is C17H19N5O4. The van der Waals surface area contributed by atoms with E-state index < -0.39 is 5.97 Å². The van der Waals surface area contributed by atoms with E-state index >= 15 is 0 Å². The highest BCUT2D eigenvalue weighted by atomic mass is 16.5. The number of H-pyrrole nitrogens is 1. The Balaban J connectivity index is 1.83. The van der Waals surface area contributed by atoms with Gasteiger partial charge in [0, 0.05) is 17.8 Å². The number of aliphatic hydroxyl groups excluding tert-OH is 1. The lowest BCUT2D eigenvalue weighted by Crippen LogP contribution is -2.31. The number of carbonyl (C=O) groups is 2. The Morgan fingerprint density at radius 2 is 2.12 bits per heavy atom. The van der Waals surface area contributed by atoms with Crippen molar-refractivity contribution in [1.29, 1.82) is 0 Å². The second kappa shape index (κ2) is 7.36. The predicted molar refractivity (Wildman–Crippen MR) is 92.9 cm³/mol. The zero-order chi connectivity index (χ0) is 18.7. The van der Waals surface area contributed by atoms with Gasteiger partial charge in [-0.05, 0) is 31.2 Å². The molecule has 1 amide bonds. The summed E-state index contributed by atoms with van der Waals surface area (Å²) in [5, 5.41) is 18.9. The van der Waals surface area contributed by atoms with Gasteiger partial charge in [-0.3, -0.25) is 9.89 Å². The largest absolute Gasteiger partial charge is 0.466 e. The molecule has 9 nitrogen and oxygen atoms in total. The summed E-state index contributed by atoms with van der Waals surface area (Å²) < 4.78 is 4.76. The number of amides is 1. The maximum absolute atomic E-state index is 12.5. The number of hydrogen-bond acceptors (Lipinski definition) is 7. The molecule has 0 bridgehead atoms. The number of esters is 1. The zero-order valence-corrected chi connectivity index (χ0v) is 14.4. The van der Waals surface area contributed by atoms with E-state index in [1.807, 2.05) is 19.1 Å². The van der Waals surface area contributed by atoms with Gasteiger partial charge in [0.1, 0.15) is 11.5 Å². The third-order valence-corrected chi connectivity index (χ3v) is 3.96. The number of anilines is 1. The van der Waals surface area contributed by atoms with Crippen LogP contribution in [0, 0.1) is 6.92 Å². The van der Waals surface area contributed by atoms with Crippen molar-refractivity contribution >= 4 is 17.6 Å². The number of carbonyl (C=O) groups excluding carboxylic acids is 2. The smallest absolute Gasteiger partial charge is 0.337 e. The molecule has 26 heavy (non-hydrogen) atoms. The van der Waals surface area contributed by atoms with Crippen LogP contribution in [0.1, 0.15) is 5.82 Å². The number of benzene rings is 1. The molecule has 1 aliphatic heterocycles. The fraction of sp³-hybridized carbons (Fsp3) is 0.294. The maximum atomic E-state index is 12.5. The van der Waals surface area contributed by atoms with Crippen LogP contribution in [0.25, 0.3) is 11.4 Å². The van der Waals surface area contributed by atoms with Crippen molar-refractivity contribution in [3.05, 3.63) is 41.4 Å². The summed E-state index contributed by atoms with van der Waals surface area (Å²) in [6.07, 6.45) is 0. The Bertz CT molecular complexity index is 856.